The van der Waals surface area contributed by atoms with E-state index in [1.54, 1.807) is 7.11 Å². The van der Waals surface area contributed by atoms with Crippen molar-refractivity contribution in [1.82, 2.24) is 15.0 Å². The molecule has 102 valence electrons. The molecule has 1 saturated carbocycles. The number of pyridine rings is 1. The van der Waals surface area contributed by atoms with Crippen LogP contribution < -0.4 is 4.74 Å². The Hall–Kier alpha value is -1.58. The molecule has 0 aromatic carbocycles. The molecule has 0 amide bonds. The van der Waals surface area contributed by atoms with Gasteiger partial charge in [0.15, 0.2) is 5.65 Å². The zero-order valence-corrected chi connectivity index (χ0v) is 11.5. The average Bonchev–Trinajstić information content (AvgIpc) is 2.80. The maximum absolute atomic E-state index is 5.15. The average molecular weight is 259 g/mol. The van der Waals surface area contributed by atoms with E-state index < -0.39 is 0 Å². The highest BCUT2D eigenvalue weighted by molar-refractivity contribution is 5.71. The Kier molecular flexibility index (Phi) is 3.67. The maximum atomic E-state index is 5.15. The zero-order chi connectivity index (χ0) is 13.1. The van der Waals surface area contributed by atoms with E-state index in [-0.39, 0.29) is 0 Å². The summed E-state index contributed by atoms with van der Waals surface area (Å²) >= 11 is 0. The number of methoxy groups -OCH3 is 1. The highest BCUT2D eigenvalue weighted by Crippen LogP contribution is 2.30. The molecule has 1 aliphatic carbocycles. The van der Waals surface area contributed by atoms with E-state index in [0.29, 0.717) is 11.8 Å². The Morgan fingerprint density at radius 1 is 1.05 bits per heavy atom. The number of fused-ring (bicyclic) bond motifs is 1. The number of rotatable bonds is 2. The van der Waals surface area contributed by atoms with Crippen LogP contribution in [0.4, 0.5) is 0 Å². The molecule has 0 bridgehead atoms. The van der Waals surface area contributed by atoms with Crippen LogP contribution in [0.5, 0.6) is 5.88 Å². The van der Waals surface area contributed by atoms with Gasteiger partial charge in [0.25, 0.3) is 0 Å². The molecular weight excluding hydrogens is 238 g/mol. The number of H-pyrrole nitrogens is 1. The smallest absolute Gasteiger partial charge is 0.215 e. The first kappa shape index (κ1) is 12.5. The van der Waals surface area contributed by atoms with Crippen molar-refractivity contribution in [2.24, 2.45) is 0 Å². The summed E-state index contributed by atoms with van der Waals surface area (Å²) in [6.07, 6.45) is 9.25. The van der Waals surface area contributed by atoms with Crippen LogP contribution in [0.15, 0.2) is 12.1 Å². The van der Waals surface area contributed by atoms with Gasteiger partial charge in [0, 0.05) is 12.0 Å². The first-order valence-electron chi connectivity index (χ1n) is 7.27. The summed E-state index contributed by atoms with van der Waals surface area (Å²) < 4.78 is 5.15. The van der Waals surface area contributed by atoms with Crippen LogP contribution in [0.1, 0.15) is 56.7 Å². The third-order valence-electron chi connectivity index (χ3n) is 4.04. The Morgan fingerprint density at radius 2 is 1.79 bits per heavy atom. The minimum absolute atomic E-state index is 0.570. The van der Waals surface area contributed by atoms with Crippen molar-refractivity contribution in [3.63, 3.8) is 0 Å². The van der Waals surface area contributed by atoms with Gasteiger partial charge in [-0.1, -0.05) is 32.1 Å². The molecule has 0 atom stereocenters. The number of nitrogens with zero attached hydrogens (tertiary/aromatic N) is 2. The second-order valence-electron chi connectivity index (χ2n) is 5.39. The number of aromatic nitrogens is 3. The van der Waals surface area contributed by atoms with Crippen molar-refractivity contribution in [3.05, 3.63) is 18.0 Å². The van der Waals surface area contributed by atoms with Crippen molar-refractivity contribution in [1.29, 1.82) is 0 Å². The summed E-state index contributed by atoms with van der Waals surface area (Å²) in [7, 11) is 1.64. The van der Waals surface area contributed by atoms with Gasteiger partial charge in [-0.15, -0.1) is 0 Å². The summed E-state index contributed by atoms with van der Waals surface area (Å²) in [5, 5.41) is 0. The van der Waals surface area contributed by atoms with Gasteiger partial charge in [-0.25, -0.2) is 4.98 Å². The molecule has 1 fully saturated rings. The van der Waals surface area contributed by atoms with Gasteiger partial charge in [0.1, 0.15) is 5.82 Å². The summed E-state index contributed by atoms with van der Waals surface area (Å²) in [6.45, 7) is 0. The lowest BCUT2D eigenvalue weighted by Gasteiger charge is -2.17. The molecule has 1 aliphatic rings. The molecule has 0 unspecified atom stereocenters. The Balaban J connectivity index is 1.86. The van der Waals surface area contributed by atoms with Crippen molar-refractivity contribution >= 4 is 11.2 Å². The van der Waals surface area contributed by atoms with Gasteiger partial charge in [-0.3, -0.25) is 0 Å². The number of imidazole rings is 1. The minimum Gasteiger partial charge on any atom is -0.481 e. The van der Waals surface area contributed by atoms with Crippen molar-refractivity contribution < 1.29 is 4.74 Å². The predicted octanol–water partition coefficient (Wildman–Crippen LogP) is 3.79. The lowest BCUT2D eigenvalue weighted by Crippen LogP contribution is -2.04. The van der Waals surface area contributed by atoms with Gasteiger partial charge in [-0.2, -0.15) is 4.98 Å². The maximum Gasteiger partial charge on any atom is 0.215 e. The lowest BCUT2D eigenvalue weighted by atomic mass is 9.91. The van der Waals surface area contributed by atoms with E-state index >= 15 is 0 Å². The van der Waals surface area contributed by atoms with Crippen LogP contribution in [0.25, 0.3) is 11.2 Å². The van der Waals surface area contributed by atoms with E-state index in [1.165, 1.54) is 44.9 Å². The molecule has 2 heterocycles. The van der Waals surface area contributed by atoms with Gasteiger partial charge >= 0.3 is 0 Å². The Bertz CT molecular complexity index is 541. The summed E-state index contributed by atoms with van der Waals surface area (Å²) in [4.78, 5) is 12.5. The van der Waals surface area contributed by atoms with Crippen molar-refractivity contribution in [3.8, 4) is 5.88 Å². The number of aromatic amines is 1. The fraction of sp³-hybridized carbons (Fsp3) is 0.600. The SMILES string of the molecule is COc1ccc2[nH]c(C3CCCCCCC3)nc2n1. The summed E-state index contributed by atoms with van der Waals surface area (Å²) in [5.74, 6) is 2.31. The largest absolute Gasteiger partial charge is 0.481 e. The topological polar surface area (TPSA) is 50.8 Å². The van der Waals surface area contributed by atoms with Gasteiger partial charge < -0.3 is 9.72 Å². The number of hydrogen-bond acceptors (Lipinski definition) is 3. The van der Waals surface area contributed by atoms with Crippen LogP contribution in [0, 0.1) is 0 Å². The third kappa shape index (κ3) is 2.72. The van der Waals surface area contributed by atoms with E-state index in [1.807, 2.05) is 12.1 Å². The molecule has 19 heavy (non-hydrogen) atoms. The van der Waals surface area contributed by atoms with E-state index in [2.05, 4.69) is 15.0 Å². The van der Waals surface area contributed by atoms with Crippen LogP contribution in [-0.4, -0.2) is 22.1 Å². The van der Waals surface area contributed by atoms with Crippen LogP contribution in [0.3, 0.4) is 0 Å². The highest BCUT2D eigenvalue weighted by Gasteiger charge is 2.17. The molecule has 0 aliphatic heterocycles. The first-order chi connectivity index (χ1) is 9.36. The predicted molar refractivity (Wildman–Crippen MR) is 75.5 cm³/mol. The van der Waals surface area contributed by atoms with E-state index in [9.17, 15) is 0 Å². The van der Waals surface area contributed by atoms with E-state index in [4.69, 9.17) is 4.74 Å². The normalized spacial score (nSPS) is 18.2. The van der Waals surface area contributed by atoms with Crippen LogP contribution in [-0.2, 0) is 0 Å². The molecule has 0 spiro atoms. The third-order valence-corrected chi connectivity index (χ3v) is 4.04. The standard InChI is InChI=1S/C15H21N3O/c1-19-13-10-9-12-15(17-13)18-14(16-12)11-7-5-3-2-4-6-8-11/h9-11H,2-8H2,1H3,(H,16,17,18). The second-order valence-corrected chi connectivity index (χ2v) is 5.39. The molecule has 3 rings (SSSR count). The zero-order valence-electron chi connectivity index (χ0n) is 11.5. The fourth-order valence-corrected chi connectivity index (χ4v) is 2.93. The molecular formula is C15H21N3O. The molecule has 4 nitrogen and oxygen atoms in total. The van der Waals surface area contributed by atoms with Crippen molar-refractivity contribution in [2.45, 2.75) is 50.9 Å². The van der Waals surface area contributed by atoms with Crippen molar-refractivity contribution in [2.75, 3.05) is 7.11 Å². The van der Waals surface area contributed by atoms with Gasteiger partial charge in [0.05, 0.1) is 12.6 Å². The fourth-order valence-electron chi connectivity index (χ4n) is 2.93. The van der Waals surface area contributed by atoms with Gasteiger partial charge in [-0.05, 0) is 18.9 Å². The number of ether oxygens (including phenoxy) is 1. The Labute approximate surface area is 113 Å². The molecule has 1 N–H and O–H groups in total. The summed E-state index contributed by atoms with van der Waals surface area (Å²) in [5.41, 5.74) is 1.79. The molecule has 0 saturated heterocycles. The van der Waals surface area contributed by atoms with Gasteiger partial charge in [0.2, 0.25) is 5.88 Å². The molecule has 2 aromatic rings. The Morgan fingerprint density at radius 3 is 2.53 bits per heavy atom. The quantitative estimate of drug-likeness (QED) is 0.892. The molecule has 4 heteroatoms. The number of nitrogens with one attached hydrogen (secondary N) is 1. The first-order valence-corrected chi connectivity index (χ1v) is 7.27. The monoisotopic (exact) mass is 259 g/mol. The van der Waals surface area contributed by atoms with Crippen LogP contribution in [0.2, 0.25) is 0 Å². The highest BCUT2D eigenvalue weighted by atomic mass is 16.5. The second kappa shape index (κ2) is 5.59. The van der Waals surface area contributed by atoms with E-state index in [0.717, 1.165) is 17.0 Å². The minimum atomic E-state index is 0.570. The summed E-state index contributed by atoms with van der Waals surface area (Å²) in [6, 6.07) is 3.88. The molecule has 2 aromatic heterocycles. The lowest BCUT2D eigenvalue weighted by molar-refractivity contribution is 0.399. The van der Waals surface area contributed by atoms with Crippen LogP contribution >= 0.6 is 0 Å². The molecule has 0 radical (unpaired) electrons. The number of hydrogen-bond donors (Lipinski definition) is 1.